The molecule has 0 unspecified atom stereocenters. The average molecular weight is 441 g/mol. The monoisotopic (exact) mass is 440 g/mol. The van der Waals surface area contributed by atoms with Crippen LogP contribution in [0.5, 0.6) is 5.75 Å². The van der Waals surface area contributed by atoms with Crippen LogP contribution in [0.25, 0.3) is 5.57 Å². The lowest BCUT2D eigenvalue weighted by atomic mass is 9.40. The number of benzene rings is 1. The van der Waals surface area contributed by atoms with Crippen molar-refractivity contribution in [2.75, 3.05) is 0 Å². The van der Waals surface area contributed by atoms with Crippen molar-refractivity contribution in [2.45, 2.75) is 102 Å². The summed E-state index contributed by atoms with van der Waals surface area (Å²) in [5.41, 5.74) is 2.05. The van der Waals surface area contributed by atoms with Gasteiger partial charge in [0.25, 0.3) is 0 Å². The molecule has 0 radical (unpaired) electrons. The Bertz CT molecular complexity index is 929. The first-order valence-corrected chi connectivity index (χ1v) is 12.0. The quantitative estimate of drug-likeness (QED) is 0.457. The van der Waals surface area contributed by atoms with E-state index in [-0.39, 0.29) is 32.8 Å². The van der Waals surface area contributed by atoms with Gasteiger partial charge in [-0.2, -0.15) is 0 Å². The molecule has 0 aliphatic heterocycles. The zero-order chi connectivity index (χ0) is 25.3. The van der Waals surface area contributed by atoms with Crippen molar-refractivity contribution in [1.82, 2.24) is 0 Å². The molecule has 0 fully saturated rings. The number of hydrogen-bond acceptors (Lipinski definition) is 2. The predicted molar refractivity (Wildman–Crippen MR) is 139 cm³/mol. The highest BCUT2D eigenvalue weighted by molar-refractivity contribution is 5.82. The maximum atomic E-state index is 11.8. The normalized spacial score (nSPS) is 19.8. The standard InChI is InChI=1S/C30H48O2/c1-25(2,3)20-17-15-16-19(23(20)31)22-24(32)21(26(4,5)6)18-30(27(7,8)9,28(10,11)12)29(22,13)14/h15-18,31-32H,1-14H3. The van der Waals surface area contributed by atoms with Crippen molar-refractivity contribution in [2.24, 2.45) is 27.1 Å². The highest BCUT2D eigenvalue weighted by Crippen LogP contribution is 2.70. The van der Waals surface area contributed by atoms with Gasteiger partial charge in [0.2, 0.25) is 0 Å². The molecule has 0 aromatic heterocycles. The molecule has 0 bridgehead atoms. The summed E-state index contributed by atoms with van der Waals surface area (Å²) >= 11 is 0. The second-order valence-corrected chi connectivity index (χ2v) is 14.4. The Morgan fingerprint density at radius 3 is 1.53 bits per heavy atom. The van der Waals surface area contributed by atoms with Gasteiger partial charge in [-0.25, -0.2) is 0 Å². The molecule has 1 aromatic rings. The van der Waals surface area contributed by atoms with E-state index in [2.05, 4.69) is 103 Å². The van der Waals surface area contributed by atoms with Gasteiger partial charge in [0, 0.05) is 22.0 Å². The van der Waals surface area contributed by atoms with E-state index in [4.69, 9.17) is 0 Å². The summed E-state index contributed by atoms with van der Waals surface area (Å²) in [6.45, 7) is 31.1. The topological polar surface area (TPSA) is 40.5 Å². The molecule has 0 amide bonds. The van der Waals surface area contributed by atoms with E-state index in [1.165, 1.54) is 0 Å². The van der Waals surface area contributed by atoms with E-state index in [1.54, 1.807) is 0 Å². The number of aromatic hydroxyl groups is 1. The molecule has 180 valence electrons. The average Bonchev–Trinajstić information content (AvgIpc) is 2.51. The molecule has 1 aliphatic rings. The van der Waals surface area contributed by atoms with Gasteiger partial charge in [0.05, 0.1) is 0 Å². The summed E-state index contributed by atoms with van der Waals surface area (Å²) in [5.74, 6) is 0.592. The van der Waals surface area contributed by atoms with Crippen LogP contribution >= 0.6 is 0 Å². The van der Waals surface area contributed by atoms with Gasteiger partial charge in [-0.1, -0.05) is 121 Å². The Morgan fingerprint density at radius 2 is 1.16 bits per heavy atom. The van der Waals surface area contributed by atoms with E-state index >= 15 is 0 Å². The highest BCUT2D eigenvalue weighted by Gasteiger charge is 2.62. The molecule has 1 aromatic carbocycles. The van der Waals surface area contributed by atoms with E-state index < -0.39 is 5.41 Å². The highest BCUT2D eigenvalue weighted by atomic mass is 16.3. The molecule has 0 atom stereocenters. The predicted octanol–water partition coefficient (Wildman–Crippen LogP) is 9.05. The molecule has 2 rings (SSSR count). The van der Waals surface area contributed by atoms with E-state index in [0.717, 1.165) is 22.3 Å². The molecule has 2 heteroatoms. The number of aliphatic hydroxyl groups is 1. The molecule has 1 aliphatic carbocycles. The van der Waals surface area contributed by atoms with E-state index in [0.29, 0.717) is 5.76 Å². The van der Waals surface area contributed by atoms with Crippen LogP contribution in [0.3, 0.4) is 0 Å². The SMILES string of the molecule is CC(C)(C)C1=CC(C(C)(C)C)(C(C)(C)C)C(C)(C)C(c2cccc(C(C)(C)C)c2O)=C1O. The van der Waals surface area contributed by atoms with Crippen molar-refractivity contribution in [3.8, 4) is 5.75 Å². The van der Waals surface area contributed by atoms with Gasteiger partial charge in [-0.05, 0) is 32.8 Å². The second kappa shape index (κ2) is 7.40. The van der Waals surface area contributed by atoms with Gasteiger partial charge >= 0.3 is 0 Å². The van der Waals surface area contributed by atoms with Gasteiger partial charge in [0.1, 0.15) is 11.5 Å². The number of phenols is 1. The lowest BCUT2D eigenvalue weighted by molar-refractivity contribution is -0.0626. The number of allylic oxidation sites excluding steroid dienone is 3. The van der Waals surface area contributed by atoms with Gasteiger partial charge in [-0.3, -0.25) is 0 Å². The van der Waals surface area contributed by atoms with Crippen molar-refractivity contribution < 1.29 is 10.2 Å². The molecular formula is C30H48O2. The molecule has 0 saturated carbocycles. The summed E-state index contributed by atoms with van der Waals surface area (Å²) < 4.78 is 0. The first-order chi connectivity index (χ1) is 14.0. The molecule has 2 nitrogen and oxygen atoms in total. The van der Waals surface area contributed by atoms with Crippen molar-refractivity contribution >= 4 is 5.57 Å². The largest absolute Gasteiger partial charge is 0.507 e. The number of aliphatic hydroxyl groups excluding tert-OH is 1. The van der Waals surface area contributed by atoms with Crippen LogP contribution in [0.2, 0.25) is 0 Å². The van der Waals surface area contributed by atoms with Crippen molar-refractivity contribution in [3.63, 3.8) is 0 Å². The number of phenolic OH excluding ortho intramolecular Hbond substituents is 1. The minimum absolute atomic E-state index is 0.103. The molecule has 0 saturated heterocycles. The molecular weight excluding hydrogens is 392 g/mol. The van der Waals surface area contributed by atoms with Crippen molar-refractivity contribution in [1.29, 1.82) is 0 Å². The van der Waals surface area contributed by atoms with Crippen LogP contribution in [-0.4, -0.2) is 10.2 Å². The Kier molecular flexibility index (Phi) is 6.14. The third-order valence-corrected chi connectivity index (χ3v) is 7.75. The molecule has 0 heterocycles. The Balaban J connectivity index is 3.13. The zero-order valence-electron chi connectivity index (χ0n) is 23.2. The Morgan fingerprint density at radius 1 is 0.688 bits per heavy atom. The van der Waals surface area contributed by atoms with Crippen LogP contribution in [0, 0.1) is 27.1 Å². The first kappa shape index (κ1) is 26.6. The number of hydrogen-bond donors (Lipinski definition) is 2. The fourth-order valence-electron chi connectivity index (χ4n) is 6.91. The first-order valence-electron chi connectivity index (χ1n) is 12.0. The second-order valence-electron chi connectivity index (χ2n) is 14.4. The summed E-state index contributed by atoms with van der Waals surface area (Å²) in [5, 5.41) is 23.4. The fraction of sp³-hybridized carbons (Fsp3) is 0.667. The summed E-state index contributed by atoms with van der Waals surface area (Å²) in [6.07, 6.45) is 2.37. The summed E-state index contributed by atoms with van der Waals surface area (Å²) in [6, 6.07) is 5.98. The van der Waals surface area contributed by atoms with Crippen LogP contribution in [0.15, 0.2) is 35.6 Å². The Hall–Kier alpha value is -1.70. The van der Waals surface area contributed by atoms with Gasteiger partial charge in [0.15, 0.2) is 0 Å². The fourth-order valence-corrected chi connectivity index (χ4v) is 6.91. The van der Waals surface area contributed by atoms with Crippen LogP contribution in [0.1, 0.15) is 108 Å². The summed E-state index contributed by atoms with van der Waals surface area (Å²) in [4.78, 5) is 0. The third kappa shape index (κ3) is 3.82. The van der Waals surface area contributed by atoms with Crippen LogP contribution < -0.4 is 0 Å². The molecule has 32 heavy (non-hydrogen) atoms. The molecule has 2 N–H and O–H groups in total. The number of para-hydroxylation sites is 1. The lowest BCUT2D eigenvalue weighted by Gasteiger charge is -2.63. The smallest absolute Gasteiger partial charge is 0.126 e. The summed E-state index contributed by atoms with van der Waals surface area (Å²) in [7, 11) is 0. The van der Waals surface area contributed by atoms with Crippen molar-refractivity contribution in [3.05, 3.63) is 46.7 Å². The van der Waals surface area contributed by atoms with Gasteiger partial charge < -0.3 is 10.2 Å². The van der Waals surface area contributed by atoms with E-state index in [9.17, 15) is 10.2 Å². The minimum Gasteiger partial charge on any atom is -0.507 e. The third-order valence-electron chi connectivity index (χ3n) is 7.75. The van der Waals surface area contributed by atoms with Crippen LogP contribution in [0.4, 0.5) is 0 Å². The van der Waals surface area contributed by atoms with E-state index in [1.807, 2.05) is 18.2 Å². The van der Waals surface area contributed by atoms with Crippen LogP contribution in [-0.2, 0) is 5.41 Å². The Labute approximate surface area is 197 Å². The lowest BCUT2D eigenvalue weighted by Crippen LogP contribution is -2.57. The zero-order valence-corrected chi connectivity index (χ0v) is 23.2. The molecule has 0 spiro atoms. The maximum absolute atomic E-state index is 11.8. The minimum atomic E-state index is -0.448. The maximum Gasteiger partial charge on any atom is 0.126 e. The number of rotatable bonds is 1. The van der Waals surface area contributed by atoms with Gasteiger partial charge in [-0.15, -0.1) is 0 Å².